The predicted octanol–water partition coefficient (Wildman–Crippen LogP) is 3.50. The molecular formula is C8H13Br. The first-order valence-electron chi connectivity index (χ1n) is 3.17. The molecule has 52 valence electrons. The second-order valence-electron chi connectivity index (χ2n) is 2.28. The van der Waals surface area contributed by atoms with Crippen LogP contribution >= 0.6 is 15.9 Å². The third kappa shape index (κ3) is 5.84. The lowest BCUT2D eigenvalue weighted by Crippen LogP contribution is -1.75. The third-order valence-electron chi connectivity index (χ3n) is 0.916. The van der Waals surface area contributed by atoms with Crippen molar-refractivity contribution in [2.45, 2.75) is 20.8 Å². The molecule has 0 nitrogen and oxygen atoms in total. The zero-order valence-electron chi connectivity index (χ0n) is 6.19. The van der Waals surface area contributed by atoms with E-state index in [1.54, 1.807) is 0 Å². The van der Waals surface area contributed by atoms with Gasteiger partial charge in [-0.3, -0.25) is 0 Å². The molecule has 0 bridgehead atoms. The van der Waals surface area contributed by atoms with Crippen molar-refractivity contribution in [3.05, 3.63) is 22.7 Å². The van der Waals surface area contributed by atoms with E-state index < -0.39 is 0 Å². The molecule has 0 fully saturated rings. The molecule has 0 unspecified atom stereocenters. The maximum absolute atomic E-state index is 3.38. The van der Waals surface area contributed by atoms with Crippen LogP contribution in [0.25, 0.3) is 0 Å². The van der Waals surface area contributed by atoms with Gasteiger partial charge in [0.05, 0.1) is 0 Å². The second kappa shape index (κ2) is 4.80. The molecule has 0 rings (SSSR count). The Labute approximate surface area is 65.8 Å². The maximum Gasteiger partial charge on any atom is 0.0129 e. The molecule has 0 radical (unpaired) electrons. The molecule has 0 heterocycles. The lowest BCUT2D eigenvalue weighted by Gasteiger charge is -1.91. The predicted molar refractivity (Wildman–Crippen MR) is 46.7 cm³/mol. The van der Waals surface area contributed by atoms with E-state index in [9.17, 15) is 0 Å². The van der Waals surface area contributed by atoms with E-state index in [2.05, 4.69) is 41.9 Å². The van der Waals surface area contributed by atoms with Crippen LogP contribution < -0.4 is 0 Å². The van der Waals surface area contributed by atoms with Crippen LogP contribution in [0, 0.1) is 5.92 Å². The fraction of sp³-hybridized carbons (Fsp3) is 0.500. The van der Waals surface area contributed by atoms with E-state index in [0.717, 1.165) is 4.48 Å². The molecular weight excluding hydrogens is 176 g/mol. The van der Waals surface area contributed by atoms with E-state index in [4.69, 9.17) is 0 Å². The summed E-state index contributed by atoms with van der Waals surface area (Å²) in [5.41, 5.74) is 0. The summed E-state index contributed by atoms with van der Waals surface area (Å²) in [6.45, 7) is 6.33. The van der Waals surface area contributed by atoms with Gasteiger partial charge in [0.15, 0.2) is 0 Å². The largest absolute Gasteiger partial charge is 0.0809 e. The summed E-state index contributed by atoms with van der Waals surface area (Å²) in [5, 5.41) is 0. The van der Waals surface area contributed by atoms with Crippen molar-refractivity contribution >= 4 is 15.9 Å². The maximum atomic E-state index is 3.38. The van der Waals surface area contributed by atoms with Crippen LogP contribution in [0.3, 0.4) is 0 Å². The Kier molecular flexibility index (Phi) is 4.78. The molecule has 0 saturated carbocycles. The Bertz CT molecular complexity index is 121. The number of rotatable bonds is 2. The van der Waals surface area contributed by atoms with Crippen LogP contribution in [0.15, 0.2) is 22.7 Å². The van der Waals surface area contributed by atoms with E-state index in [1.165, 1.54) is 0 Å². The highest BCUT2D eigenvalue weighted by Crippen LogP contribution is 2.07. The minimum absolute atomic E-state index is 0.637. The second-order valence-corrected chi connectivity index (χ2v) is 3.19. The van der Waals surface area contributed by atoms with Gasteiger partial charge in [-0.1, -0.05) is 48.0 Å². The Hall–Kier alpha value is -0.0400. The van der Waals surface area contributed by atoms with Crippen molar-refractivity contribution in [3.63, 3.8) is 0 Å². The quantitative estimate of drug-likeness (QED) is 0.583. The van der Waals surface area contributed by atoms with Crippen molar-refractivity contribution < 1.29 is 0 Å². The van der Waals surface area contributed by atoms with Gasteiger partial charge in [0.1, 0.15) is 0 Å². The van der Waals surface area contributed by atoms with Crippen LogP contribution in [0.1, 0.15) is 20.8 Å². The molecule has 0 aromatic carbocycles. The van der Waals surface area contributed by atoms with E-state index in [1.807, 2.05) is 13.0 Å². The topological polar surface area (TPSA) is 0 Å². The van der Waals surface area contributed by atoms with Crippen molar-refractivity contribution in [3.8, 4) is 0 Å². The molecule has 0 aromatic rings. The van der Waals surface area contributed by atoms with Crippen molar-refractivity contribution in [1.82, 2.24) is 0 Å². The molecule has 0 aliphatic heterocycles. The Morgan fingerprint density at radius 2 is 2.00 bits per heavy atom. The molecule has 0 amide bonds. The Balaban J connectivity index is 3.71. The van der Waals surface area contributed by atoms with Gasteiger partial charge in [-0.25, -0.2) is 0 Å². The fourth-order valence-corrected chi connectivity index (χ4v) is 0.533. The summed E-state index contributed by atoms with van der Waals surface area (Å²) >= 11 is 3.38. The van der Waals surface area contributed by atoms with Crippen molar-refractivity contribution in [2.24, 2.45) is 5.92 Å². The number of halogens is 1. The van der Waals surface area contributed by atoms with Gasteiger partial charge in [-0.2, -0.15) is 0 Å². The highest BCUT2D eigenvalue weighted by molar-refractivity contribution is 9.11. The number of hydrogen-bond acceptors (Lipinski definition) is 0. The average molecular weight is 189 g/mol. The molecule has 0 saturated heterocycles. The van der Waals surface area contributed by atoms with Crippen LogP contribution in [-0.2, 0) is 0 Å². The summed E-state index contributed by atoms with van der Waals surface area (Å²) in [7, 11) is 0. The summed E-state index contributed by atoms with van der Waals surface area (Å²) < 4.78 is 1.15. The van der Waals surface area contributed by atoms with Crippen LogP contribution in [0.5, 0.6) is 0 Å². The minimum Gasteiger partial charge on any atom is -0.0809 e. The number of hydrogen-bond donors (Lipinski definition) is 0. The summed E-state index contributed by atoms with van der Waals surface area (Å²) in [6.07, 6.45) is 6.26. The van der Waals surface area contributed by atoms with Gasteiger partial charge in [0.25, 0.3) is 0 Å². The van der Waals surface area contributed by atoms with E-state index >= 15 is 0 Å². The van der Waals surface area contributed by atoms with Gasteiger partial charge >= 0.3 is 0 Å². The fourth-order valence-electron chi connectivity index (χ4n) is 0.381. The van der Waals surface area contributed by atoms with Gasteiger partial charge in [0.2, 0.25) is 0 Å². The molecule has 0 spiro atoms. The third-order valence-corrected chi connectivity index (χ3v) is 1.64. The van der Waals surface area contributed by atoms with Crippen LogP contribution in [0.4, 0.5) is 0 Å². The summed E-state index contributed by atoms with van der Waals surface area (Å²) in [5.74, 6) is 0.637. The molecule has 0 N–H and O–H groups in total. The van der Waals surface area contributed by atoms with Crippen LogP contribution in [0.2, 0.25) is 0 Å². The lowest BCUT2D eigenvalue weighted by atomic mass is 10.2. The van der Waals surface area contributed by atoms with E-state index in [-0.39, 0.29) is 0 Å². The standard InChI is InChI=1S/C8H13Br/c1-4-8(9)6-5-7(2)3/h4-7H,1-3H3/b6-5-,8-4+. The Morgan fingerprint density at radius 3 is 2.33 bits per heavy atom. The summed E-state index contributed by atoms with van der Waals surface area (Å²) in [4.78, 5) is 0. The first kappa shape index (κ1) is 8.96. The first-order valence-corrected chi connectivity index (χ1v) is 3.96. The van der Waals surface area contributed by atoms with Gasteiger partial charge < -0.3 is 0 Å². The number of allylic oxidation sites excluding steroid dienone is 4. The highest BCUT2D eigenvalue weighted by Gasteiger charge is 1.83. The van der Waals surface area contributed by atoms with Gasteiger partial charge in [-0.05, 0) is 12.8 Å². The smallest absolute Gasteiger partial charge is 0.0129 e. The minimum atomic E-state index is 0.637. The van der Waals surface area contributed by atoms with Gasteiger partial charge in [-0.15, -0.1) is 0 Å². The van der Waals surface area contributed by atoms with Crippen LogP contribution in [-0.4, -0.2) is 0 Å². The molecule has 1 heteroatoms. The van der Waals surface area contributed by atoms with Crippen molar-refractivity contribution in [2.75, 3.05) is 0 Å². The molecule has 0 aromatic heterocycles. The molecule has 0 atom stereocenters. The lowest BCUT2D eigenvalue weighted by molar-refractivity contribution is 0.832. The SMILES string of the molecule is C/C=C(Br)\C=C/C(C)C. The normalized spacial score (nSPS) is 13.7. The molecule has 0 aliphatic carbocycles. The van der Waals surface area contributed by atoms with Crippen molar-refractivity contribution in [1.29, 1.82) is 0 Å². The highest BCUT2D eigenvalue weighted by atomic mass is 79.9. The molecule has 0 aliphatic rings. The summed E-state index contributed by atoms with van der Waals surface area (Å²) in [6, 6.07) is 0. The monoisotopic (exact) mass is 188 g/mol. The zero-order valence-corrected chi connectivity index (χ0v) is 7.77. The zero-order chi connectivity index (χ0) is 7.28. The molecule has 9 heavy (non-hydrogen) atoms. The Morgan fingerprint density at radius 1 is 1.44 bits per heavy atom. The average Bonchev–Trinajstić information content (AvgIpc) is 1.83. The first-order chi connectivity index (χ1) is 4.16. The van der Waals surface area contributed by atoms with Gasteiger partial charge in [0, 0.05) is 4.48 Å². The van der Waals surface area contributed by atoms with E-state index in [0.29, 0.717) is 5.92 Å².